The monoisotopic (exact) mass is 250 g/mol. The van der Waals surface area contributed by atoms with Crippen molar-refractivity contribution >= 4 is 5.97 Å². The van der Waals surface area contributed by atoms with Crippen LogP contribution in [-0.2, 0) is 14.3 Å². The molecule has 1 heterocycles. The molecule has 0 aromatic carbocycles. The highest BCUT2D eigenvalue weighted by atomic mass is 16.6. The fraction of sp³-hybridized carbons (Fsp3) is 0.786. The van der Waals surface area contributed by atoms with Gasteiger partial charge in [0.2, 0.25) is 0 Å². The maximum absolute atomic E-state index is 11.7. The Morgan fingerprint density at radius 2 is 2.17 bits per heavy atom. The molecule has 18 heavy (non-hydrogen) atoms. The first kappa shape index (κ1) is 11.0. The van der Waals surface area contributed by atoms with Gasteiger partial charge in [0, 0.05) is 0 Å². The molecule has 0 aromatic heterocycles. The van der Waals surface area contributed by atoms with Crippen LogP contribution in [0.5, 0.6) is 0 Å². The zero-order valence-electron chi connectivity index (χ0n) is 10.2. The average Bonchev–Trinajstić information content (AvgIpc) is 2.77. The molecule has 7 unspecified atom stereocenters. The first-order chi connectivity index (χ1) is 8.69. The molecule has 2 bridgehead atoms. The molecule has 4 heteroatoms. The molecule has 0 spiro atoms. The van der Waals surface area contributed by atoms with Crippen molar-refractivity contribution < 1.29 is 19.4 Å². The molecule has 0 aromatic rings. The molecule has 0 radical (unpaired) electrons. The van der Waals surface area contributed by atoms with E-state index in [0.29, 0.717) is 30.0 Å². The van der Waals surface area contributed by atoms with E-state index in [0.717, 1.165) is 18.8 Å². The summed E-state index contributed by atoms with van der Waals surface area (Å²) in [5.41, 5.74) is 0.159. The van der Waals surface area contributed by atoms with Crippen LogP contribution in [0.25, 0.3) is 0 Å². The van der Waals surface area contributed by atoms with Gasteiger partial charge in [0.05, 0.1) is 24.4 Å². The first-order valence-electron chi connectivity index (χ1n) is 6.84. The van der Waals surface area contributed by atoms with Crippen LogP contribution in [0, 0.1) is 23.7 Å². The van der Waals surface area contributed by atoms with Crippen LogP contribution in [0.15, 0.2) is 12.2 Å². The third-order valence-corrected chi connectivity index (χ3v) is 5.42. The highest BCUT2D eigenvalue weighted by molar-refractivity contribution is 5.88. The van der Waals surface area contributed by atoms with Crippen molar-refractivity contribution in [3.05, 3.63) is 12.2 Å². The standard InChI is InChI=1S/C14H18O4/c1-6(5-15)14(16)18-10-3-7-2-8(10)9-4-11-13(17-11)12(7)9/h7-13,15H,1-5H2. The zero-order chi connectivity index (χ0) is 12.4. The number of ether oxygens (including phenoxy) is 2. The molecule has 4 nitrogen and oxygen atoms in total. The fourth-order valence-electron chi connectivity index (χ4n) is 4.69. The lowest BCUT2D eigenvalue weighted by molar-refractivity contribution is -0.149. The molecule has 7 atom stereocenters. The fourth-order valence-corrected chi connectivity index (χ4v) is 4.69. The Kier molecular flexibility index (Phi) is 2.19. The number of hydrogen-bond acceptors (Lipinski definition) is 4. The van der Waals surface area contributed by atoms with Crippen LogP contribution < -0.4 is 0 Å². The largest absolute Gasteiger partial charge is 0.459 e. The van der Waals surface area contributed by atoms with Crippen LogP contribution in [0.3, 0.4) is 0 Å². The van der Waals surface area contributed by atoms with Crippen LogP contribution in [0.2, 0.25) is 0 Å². The average molecular weight is 250 g/mol. The van der Waals surface area contributed by atoms with Gasteiger partial charge in [0.25, 0.3) is 0 Å². The molecule has 4 rings (SSSR count). The van der Waals surface area contributed by atoms with Crippen molar-refractivity contribution in [1.29, 1.82) is 0 Å². The lowest BCUT2D eigenvalue weighted by atomic mass is 9.79. The minimum Gasteiger partial charge on any atom is -0.459 e. The number of carbonyl (C=O) groups is 1. The van der Waals surface area contributed by atoms with Crippen LogP contribution in [-0.4, -0.2) is 36.0 Å². The lowest BCUT2D eigenvalue weighted by Gasteiger charge is -2.32. The Balaban J connectivity index is 1.44. The van der Waals surface area contributed by atoms with Crippen LogP contribution >= 0.6 is 0 Å². The van der Waals surface area contributed by atoms with E-state index in [1.807, 2.05) is 0 Å². The summed E-state index contributed by atoms with van der Waals surface area (Å²) in [6.45, 7) is 3.20. The Morgan fingerprint density at radius 1 is 1.33 bits per heavy atom. The van der Waals surface area contributed by atoms with Gasteiger partial charge in [-0.25, -0.2) is 4.79 Å². The van der Waals surface area contributed by atoms with Crippen LogP contribution in [0.4, 0.5) is 0 Å². The van der Waals surface area contributed by atoms with Crippen molar-refractivity contribution in [2.75, 3.05) is 6.61 Å². The number of carbonyl (C=O) groups excluding carboxylic acids is 1. The second-order valence-corrected chi connectivity index (χ2v) is 6.22. The molecular weight excluding hydrogens is 232 g/mol. The smallest absolute Gasteiger partial charge is 0.336 e. The van der Waals surface area contributed by atoms with E-state index in [9.17, 15) is 4.79 Å². The predicted molar refractivity (Wildman–Crippen MR) is 62.6 cm³/mol. The Hall–Kier alpha value is -0.870. The molecule has 4 aliphatic rings. The van der Waals surface area contributed by atoms with E-state index < -0.39 is 5.97 Å². The van der Waals surface area contributed by atoms with Crippen molar-refractivity contribution in [3.63, 3.8) is 0 Å². The molecule has 98 valence electrons. The summed E-state index contributed by atoms with van der Waals surface area (Å²) in [6.07, 6.45) is 4.39. The van der Waals surface area contributed by atoms with Gasteiger partial charge in [-0.15, -0.1) is 0 Å². The van der Waals surface area contributed by atoms with Gasteiger partial charge in [0.1, 0.15) is 6.10 Å². The highest BCUT2D eigenvalue weighted by Crippen LogP contribution is 2.64. The summed E-state index contributed by atoms with van der Waals surface area (Å²) in [4.78, 5) is 11.7. The van der Waals surface area contributed by atoms with Crippen molar-refractivity contribution in [3.8, 4) is 0 Å². The third kappa shape index (κ3) is 1.36. The van der Waals surface area contributed by atoms with E-state index in [-0.39, 0.29) is 18.3 Å². The molecule has 4 fully saturated rings. The molecular formula is C14H18O4. The Labute approximate surface area is 106 Å². The molecule has 1 N–H and O–H groups in total. The highest BCUT2D eigenvalue weighted by Gasteiger charge is 2.67. The minimum atomic E-state index is -0.425. The van der Waals surface area contributed by atoms with Gasteiger partial charge in [0.15, 0.2) is 0 Å². The number of hydrogen-bond donors (Lipinski definition) is 1. The molecule has 1 saturated heterocycles. The summed E-state index contributed by atoms with van der Waals surface area (Å²) in [7, 11) is 0. The summed E-state index contributed by atoms with van der Waals surface area (Å²) in [5.74, 6) is 2.21. The number of esters is 1. The molecule has 0 amide bonds. The lowest BCUT2D eigenvalue weighted by Crippen LogP contribution is -2.34. The van der Waals surface area contributed by atoms with Crippen molar-refractivity contribution in [1.82, 2.24) is 0 Å². The maximum Gasteiger partial charge on any atom is 0.336 e. The van der Waals surface area contributed by atoms with Gasteiger partial charge in [-0.3, -0.25) is 0 Å². The van der Waals surface area contributed by atoms with Gasteiger partial charge in [-0.05, 0) is 42.9 Å². The number of fused-ring (bicyclic) bond motifs is 7. The number of aliphatic hydroxyl groups excluding tert-OH is 1. The zero-order valence-corrected chi connectivity index (χ0v) is 10.2. The normalized spacial score (nSPS) is 50.8. The van der Waals surface area contributed by atoms with Crippen molar-refractivity contribution in [2.24, 2.45) is 23.7 Å². The summed E-state index contributed by atoms with van der Waals surface area (Å²) < 4.78 is 11.2. The Morgan fingerprint density at radius 3 is 2.94 bits per heavy atom. The topological polar surface area (TPSA) is 59.1 Å². The predicted octanol–water partition coefficient (Wildman–Crippen LogP) is 0.890. The quantitative estimate of drug-likeness (QED) is 0.459. The number of epoxide rings is 1. The number of aliphatic hydroxyl groups is 1. The second kappa shape index (κ2) is 3.58. The second-order valence-electron chi connectivity index (χ2n) is 6.22. The summed E-state index contributed by atoms with van der Waals surface area (Å²) in [5, 5.41) is 8.88. The van der Waals surface area contributed by atoms with E-state index in [1.165, 1.54) is 6.42 Å². The van der Waals surface area contributed by atoms with E-state index >= 15 is 0 Å². The maximum atomic E-state index is 11.7. The summed E-state index contributed by atoms with van der Waals surface area (Å²) in [6, 6.07) is 0. The summed E-state index contributed by atoms with van der Waals surface area (Å²) >= 11 is 0. The molecule has 1 aliphatic heterocycles. The van der Waals surface area contributed by atoms with E-state index in [2.05, 4.69) is 6.58 Å². The van der Waals surface area contributed by atoms with E-state index in [1.54, 1.807) is 0 Å². The van der Waals surface area contributed by atoms with Crippen LogP contribution in [0.1, 0.15) is 19.3 Å². The first-order valence-corrected chi connectivity index (χ1v) is 6.84. The SMILES string of the molecule is C=C(CO)C(=O)OC1CC2CC1C1CC3OC3C21. The minimum absolute atomic E-state index is 0.0459. The van der Waals surface area contributed by atoms with Gasteiger partial charge in [-0.2, -0.15) is 0 Å². The van der Waals surface area contributed by atoms with E-state index in [4.69, 9.17) is 14.6 Å². The molecule has 3 aliphatic carbocycles. The van der Waals surface area contributed by atoms with Crippen molar-refractivity contribution in [2.45, 2.75) is 37.6 Å². The van der Waals surface area contributed by atoms with Gasteiger partial charge < -0.3 is 14.6 Å². The Bertz CT molecular complexity index is 418. The van der Waals surface area contributed by atoms with Gasteiger partial charge in [-0.1, -0.05) is 6.58 Å². The van der Waals surface area contributed by atoms with Gasteiger partial charge >= 0.3 is 5.97 Å². The number of rotatable bonds is 3. The third-order valence-electron chi connectivity index (χ3n) is 5.42. The molecule has 3 saturated carbocycles.